The molecule has 0 bridgehead atoms. The first kappa shape index (κ1) is 12.7. The summed E-state index contributed by atoms with van der Waals surface area (Å²) >= 11 is 7.06. The normalized spacial score (nSPS) is 10.3. The van der Waals surface area contributed by atoms with Gasteiger partial charge >= 0.3 is 0 Å². The molecule has 0 saturated heterocycles. The van der Waals surface area contributed by atoms with Crippen molar-refractivity contribution < 1.29 is 0 Å². The largest absolute Gasteiger partial charge is 0.345 e. The molecule has 0 amide bonds. The standard InChI is InChI=1S/C14H13Br2N/c1-17(12-5-3-2-4-6-12)13-8-7-11(10-15)14(16)9-13/h2-9H,10H2,1H3. The maximum atomic E-state index is 3.59. The van der Waals surface area contributed by atoms with Crippen LogP contribution < -0.4 is 4.90 Å². The Morgan fingerprint density at radius 1 is 1.00 bits per heavy atom. The molecule has 0 heterocycles. The van der Waals surface area contributed by atoms with Crippen LogP contribution in [-0.4, -0.2) is 7.05 Å². The molecule has 0 spiro atoms. The zero-order valence-electron chi connectivity index (χ0n) is 9.53. The molecule has 2 rings (SSSR count). The lowest BCUT2D eigenvalue weighted by Crippen LogP contribution is -2.09. The van der Waals surface area contributed by atoms with Gasteiger partial charge in [-0.3, -0.25) is 0 Å². The highest BCUT2D eigenvalue weighted by atomic mass is 79.9. The Bertz CT molecular complexity index is 497. The Hall–Kier alpha value is -0.800. The molecular weight excluding hydrogens is 342 g/mol. The van der Waals surface area contributed by atoms with Gasteiger partial charge < -0.3 is 4.90 Å². The van der Waals surface area contributed by atoms with Crippen molar-refractivity contribution in [3.05, 3.63) is 58.6 Å². The van der Waals surface area contributed by atoms with Gasteiger partial charge in [0.05, 0.1) is 0 Å². The summed E-state index contributed by atoms with van der Waals surface area (Å²) in [7, 11) is 2.07. The van der Waals surface area contributed by atoms with Gasteiger partial charge in [-0.1, -0.05) is 56.1 Å². The molecule has 0 aliphatic carbocycles. The van der Waals surface area contributed by atoms with Gasteiger partial charge in [-0.2, -0.15) is 0 Å². The molecule has 0 fully saturated rings. The van der Waals surface area contributed by atoms with Gasteiger partial charge in [0, 0.05) is 28.2 Å². The van der Waals surface area contributed by atoms with E-state index in [9.17, 15) is 0 Å². The van der Waals surface area contributed by atoms with Gasteiger partial charge in [-0.05, 0) is 29.8 Å². The summed E-state index contributed by atoms with van der Waals surface area (Å²) in [5, 5.41) is 0.864. The number of hydrogen-bond acceptors (Lipinski definition) is 1. The Labute approximate surface area is 119 Å². The molecule has 0 aromatic heterocycles. The van der Waals surface area contributed by atoms with E-state index in [2.05, 4.69) is 74.1 Å². The van der Waals surface area contributed by atoms with E-state index in [1.54, 1.807) is 0 Å². The molecule has 17 heavy (non-hydrogen) atoms. The molecule has 2 aromatic rings. The van der Waals surface area contributed by atoms with Gasteiger partial charge in [0.2, 0.25) is 0 Å². The van der Waals surface area contributed by atoms with E-state index < -0.39 is 0 Å². The number of benzene rings is 2. The third-order valence-corrected chi connectivity index (χ3v) is 4.05. The first-order valence-electron chi connectivity index (χ1n) is 5.35. The molecule has 2 aromatic carbocycles. The van der Waals surface area contributed by atoms with Crippen LogP contribution in [0.5, 0.6) is 0 Å². The van der Waals surface area contributed by atoms with E-state index in [4.69, 9.17) is 0 Å². The lowest BCUT2D eigenvalue weighted by molar-refractivity contribution is 1.20. The number of hydrogen-bond donors (Lipinski definition) is 0. The monoisotopic (exact) mass is 353 g/mol. The SMILES string of the molecule is CN(c1ccccc1)c1ccc(CBr)c(Br)c1. The van der Waals surface area contributed by atoms with Crippen molar-refractivity contribution in [3.63, 3.8) is 0 Å². The number of alkyl halides is 1. The molecule has 1 nitrogen and oxygen atoms in total. The fraction of sp³-hybridized carbons (Fsp3) is 0.143. The molecule has 0 radical (unpaired) electrons. The molecule has 0 atom stereocenters. The summed E-state index contributed by atoms with van der Waals surface area (Å²) in [6.07, 6.45) is 0. The van der Waals surface area contributed by atoms with Crippen LogP contribution >= 0.6 is 31.9 Å². The average molecular weight is 355 g/mol. The van der Waals surface area contributed by atoms with Gasteiger partial charge in [0.25, 0.3) is 0 Å². The van der Waals surface area contributed by atoms with Crippen LogP contribution in [0.3, 0.4) is 0 Å². The second-order valence-corrected chi connectivity index (χ2v) is 5.22. The minimum atomic E-state index is 0.864. The van der Waals surface area contributed by atoms with Gasteiger partial charge in [0.1, 0.15) is 0 Å². The summed E-state index contributed by atoms with van der Waals surface area (Å²) in [5.41, 5.74) is 3.62. The maximum absolute atomic E-state index is 3.59. The lowest BCUT2D eigenvalue weighted by atomic mass is 10.2. The highest BCUT2D eigenvalue weighted by Gasteiger charge is 2.05. The number of rotatable bonds is 3. The van der Waals surface area contributed by atoms with Crippen molar-refractivity contribution in [1.82, 2.24) is 0 Å². The number of halogens is 2. The number of nitrogens with zero attached hydrogens (tertiary/aromatic N) is 1. The van der Waals surface area contributed by atoms with Gasteiger partial charge in [-0.25, -0.2) is 0 Å². The lowest BCUT2D eigenvalue weighted by Gasteiger charge is -2.20. The predicted octanol–water partition coefficient (Wildman–Crippen LogP) is 5.11. The molecule has 0 N–H and O–H groups in total. The quantitative estimate of drug-likeness (QED) is 0.692. The highest BCUT2D eigenvalue weighted by Crippen LogP contribution is 2.29. The van der Waals surface area contributed by atoms with E-state index in [1.807, 2.05) is 18.2 Å². The minimum Gasteiger partial charge on any atom is -0.345 e. The zero-order valence-corrected chi connectivity index (χ0v) is 12.7. The first-order chi connectivity index (χ1) is 8.22. The molecule has 0 unspecified atom stereocenters. The maximum Gasteiger partial charge on any atom is 0.0419 e. The first-order valence-corrected chi connectivity index (χ1v) is 7.27. The summed E-state index contributed by atoms with van der Waals surface area (Å²) < 4.78 is 1.13. The van der Waals surface area contributed by atoms with Gasteiger partial charge in [0.15, 0.2) is 0 Å². The van der Waals surface area contributed by atoms with E-state index >= 15 is 0 Å². The van der Waals surface area contributed by atoms with E-state index in [-0.39, 0.29) is 0 Å². The number of para-hydroxylation sites is 1. The molecule has 0 aliphatic rings. The van der Waals surface area contributed by atoms with Crippen LogP contribution in [-0.2, 0) is 5.33 Å². The molecule has 0 aliphatic heterocycles. The highest BCUT2D eigenvalue weighted by molar-refractivity contribution is 9.10. The van der Waals surface area contributed by atoms with Crippen LogP contribution in [0.15, 0.2) is 53.0 Å². The minimum absolute atomic E-state index is 0.864. The van der Waals surface area contributed by atoms with E-state index in [0.717, 1.165) is 9.80 Å². The summed E-state index contributed by atoms with van der Waals surface area (Å²) in [6.45, 7) is 0. The molecular formula is C14H13Br2N. The summed E-state index contributed by atoms with van der Waals surface area (Å²) in [6, 6.07) is 16.7. The smallest absolute Gasteiger partial charge is 0.0419 e. The Morgan fingerprint density at radius 2 is 1.71 bits per heavy atom. The van der Waals surface area contributed by atoms with Crippen molar-refractivity contribution in [2.24, 2.45) is 0 Å². The van der Waals surface area contributed by atoms with Crippen molar-refractivity contribution in [2.75, 3.05) is 11.9 Å². The fourth-order valence-electron chi connectivity index (χ4n) is 1.65. The zero-order chi connectivity index (χ0) is 12.3. The topological polar surface area (TPSA) is 3.24 Å². The van der Waals surface area contributed by atoms with Crippen LogP contribution in [0.2, 0.25) is 0 Å². The molecule has 0 saturated carbocycles. The van der Waals surface area contributed by atoms with Crippen LogP contribution in [0.1, 0.15) is 5.56 Å². The predicted molar refractivity (Wildman–Crippen MR) is 81.3 cm³/mol. The third-order valence-electron chi connectivity index (χ3n) is 2.71. The van der Waals surface area contributed by atoms with Crippen molar-refractivity contribution in [2.45, 2.75) is 5.33 Å². The van der Waals surface area contributed by atoms with Gasteiger partial charge in [-0.15, -0.1) is 0 Å². The van der Waals surface area contributed by atoms with Crippen LogP contribution in [0.4, 0.5) is 11.4 Å². The van der Waals surface area contributed by atoms with E-state index in [0.29, 0.717) is 0 Å². The van der Waals surface area contributed by atoms with Crippen LogP contribution in [0.25, 0.3) is 0 Å². The third kappa shape index (κ3) is 2.90. The summed E-state index contributed by atoms with van der Waals surface area (Å²) in [4.78, 5) is 2.17. The van der Waals surface area contributed by atoms with E-state index in [1.165, 1.54) is 16.9 Å². The second-order valence-electron chi connectivity index (χ2n) is 3.80. The van der Waals surface area contributed by atoms with Crippen LogP contribution in [0, 0.1) is 0 Å². The van der Waals surface area contributed by atoms with Crippen molar-refractivity contribution in [3.8, 4) is 0 Å². The molecule has 3 heteroatoms. The second kappa shape index (κ2) is 5.69. The Balaban J connectivity index is 2.32. The average Bonchev–Trinajstić information content (AvgIpc) is 2.39. The Morgan fingerprint density at radius 3 is 2.29 bits per heavy atom. The summed E-state index contributed by atoms with van der Waals surface area (Å²) in [5.74, 6) is 0. The molecule has 88 valence electrons. The fourth-order valence-corrected chi connectivity index (χ4v) is 3.03. The van der Waals surface area contributed by atoms with Crippen molar-refractivity contribution >= 4 is 43.2 Å². The number of anilines is 2. The Kier molecular flexibility index (Phi) is 4.24. The van der Waals surface area contributed by atoms with Crippen molar-refractivity contribution in [1.29, 1.82) is 0 Å².